The zero-order valence-electron chi connectivity index (χ0n) is 20.4. The third-order valence-electron chi connectivity index (χ3n) is 8.37. The zero-order valence-corrected chi connectivity index (χ0v) is 20.4. The summed E-state index contributed by atoms with van der Waals surface area (Å²) in [6.07, 6.45) is 11.9. The number of carbonyl (C=O) groups is 2. The maximum absolute atomic E-state index is 11.8. The molecule has 0 saturated heterocycles. The Morgan fingerprint density at radius 2 is 1.85 bits per heavy atom. The number of carboxylic acid groups (broad SMARTS) is 1. The van der Waals surface area contributed by atoms with Crippen LogP contribution in [0.25, 0.3) is 11.0 Å². The van der Waals surface area contributed by atoms with Crippen LogP contribution in [0.3, 0.4) is 0 Å². The van der Waals surface area contributed by atoms with E-state index in [0.29, 0.717) is 12.8 Å². The highest BCUT2D eigenvalue weighted by Crippen LogP contribution is 2.41. The van der Waals surface area contributed by atoms with Crippen LogP contribution in [-0.2, 0) is 20.7 Å². The van der Waals surface area contributed by atoms with Crippen LogP contribution in [0.15, 0.2) is 12.1 Å². The van der Waals surface area contributed by atoms with Crippen molar-refractivity contribution in [2.45, 2.75) is 109 Å². The Hall–Kier alpha value is -2.41. The molecular weight excluding hydrogens is 430 g/mol. The van der Waals surface area contributed by atoms with E-state index in [9.17, 15) is 14.7 Å². The number of anilines is 1. The van der Waals surface area contributed by atoms with Crippen LogP contribution in [0.1, 0.15) is 102 Å². The van der Waals surface area contributed by atoms with E-state index >= 15 is 0 Å². The van der Waals surface area contributed by atoms with Crippen LogP contribution >= 0.6 is 0 Å². The Kier molecular flexibility index (Phi) is 6.65. The Bertz CT molecular complexity index is 1050. The minimum absolute atomic E-state index is 0.131. The molecule has 2 unspecified atom stereocenters. The van der Waals surface area contributed by atoms with Crippen molar-refractivity contribution in [3.05, 3.63) is 23.5 Å². The Morgan fingerprint density at radius 3 is 2.53 bits per heavy atom. The van der Waals surface area contributed by atoms with Gasteiger partial charge in [-0.2, -0.15) is 0 Å². The number of amides is 1. The van der Waals surface area contributed by atoms with Crippen molar-refractivity contribution in [2.24, 2.45) is 5.92 Å². The number of carboxylic acids is 1. The van der Waals surface area contributed by atoms with Gasteiger partial charge in [0, 0.05) is 23.3 Å². The summed E-state index contributed by atoms with van der Waals surface area (Å²) in [5, 5.41) is 9.48. The number of ether oxygens (including phenoxy) is 1. The fraction of sp³-hybridized carbons (Fsp3) is 0.667. The molecule has 1 aliphatic heterocycles. The quantitative estimate of drug-likeness (QED) is 0.562. The molecule has 1 amide bonds. The van der Waals surface area contributed by atoms with Crippen molar-refractivity contribution < 1.29 is 19.4 Å². The van der Waals surface area contributed by atoms with Gasteiger partial charge in [-0.25, -0.2) is 4.98 Å². The Balaban J connectivity index is 1.55. The largest absolute Gasteiger partial charge is 0.481 e. The highest BCUT2D eigenvalue weighted by Gasteiger charge is 2.33. The first-order chi connectivity index (χ1) is 16.5. The number of aryl methyl sites for hydroxylation is 1. The summed E-state index contributed by atoms with van der Waals surface area (Å²) < 4.78 is 8.91. The van der Waals surface area contributed by atoms with Crippen molar-refractivity contribution >= 4 is 29.1 Å². The molecule has 0 bridgehead atoms. The summed E-state index contributed by atoms with van der Waals surface area (Å²) in [5.41, 5.74) is 4.18. The molecule has 2 saturated carbocycles. The molecule has 3 aliphatic rings. The molecule has 1 aromatic carbocycles. The minimum atomic E-state index is -0.680. The average Bonchev–Trinajstić information content (AvgIpc) is 3.24. The monoisotopic (exact) mass is 467 g/mol. The normalized spacial score (nSPS) is 26.9. The molecule has 7 nitrogen and oxygen atoms in total. The van der Waals surface area contributed by atoms with Gasteiger partial charge in [0.2, 0.25) is 6.41 Å². The first-order valence-corrected chi connectivity index (χ1v) is 13.1. The molecule has 2 aromatic rings. The van der Waals surface area contributed by atoms with Gasteiger partial charge in [-0.1, -0.05) is 19.3 Å². The summed E-state index contributed by atoms with van der Waals surface area (Å²) in [7, 11) is 0. The third kappa shape index (κ3) is 4.23. The third-order valence-corrected chi connectivity index (χ3v) is 8.37. The van der Waals surface area contributed by atoms with Crippen molar-refractivity contribution in [1.82, 2.24) is 9.55 Å². The average molecular weight is 468 g/mol. The van der Waals surface area contributed by atoms with E-state index in [1.165, 1.54) is 19.3 Å². The van der Waals surface area contributed by atoms with Gasteiger partial charge in [-0.05, 0) is 77.3 Å². The molecule has 0 radical (unpaired) electrons. The van der Waals surface area contributed by atoms with E-state index in [1.807, 2.05) is 4.90 Å². The molecule has 5 rings (SSSR count). The van der Waals surface area contributed by atoms with E-state index in [0.717, 1.165) is 73.0 Å². The van der Waals surface area contributed by atoms with Crippen LogP contribution in [-0.4, -0.2) is 39.2 Å². The molecule has 184 valence electrons. The molecule has 2 aliphatic carbocycles. The highest BCUT2D eigenvalue weighted by molar-refractivity contribution is 5.90. The number of fused-ring (bicyclic) bond motifs is 3. The number of imidazole rings is 1. The number of rotatable bonds is 6. The van der Waals surface area contributed by atoms with Crippen LogP contribution in [0.2, 0.25) is 0 Å². The first-order valence-electron chi connectivity index (χ1n) is 13.1. The molecule has 1 N–H and O–H groups in total. The maximum atomic E-state index is 11.8. The second kappa shape index (κ2) is 9.68. The number of hydrogen-bond acceptors (Lipinski definition) is 4. The topological polar surface area (TPSA) is 84.7 Å². The standard InChI is InChI=1S/C27H37N3O4/c1-17-8-13-22-23(29(17)16-31)14-15-24-25(22)28-26(18(2)34-21-6-4-3-5-7-21)30(24)20-11-9-19(10-12-20)27(32)33/h14-21H,3-13H2,1-2H3,(H,32,33). The lowest BCUT2D eigenvalue weighted by molar-refractivity contribution is -0.143. The van der Waals surface area contributed by atoms with E-state index < -0.39 is 5.97 Å². The highest BCUT2D eigenvalue weighted by atomic mass is 16.5. The van der Waals surface area contributed by atoms with Gasteiger partial charge < -0.3 is 19.3 Å². The number of aromatic nitrogens is 2. The lowest BCUT2D eigenvalue weighted by Gasteiger charge is -2.33. The van der Waals surface area contributed by atoms with E-state index in [1.54, 1.807) is 0 Å². The van der Waals surface area contributed by atoms with Crippen LogP contribution in [0, 0.1) is 5.92 Å². The summed E-state index contributed by atoms with van der Waals surface area (Å²) in [6, 6.07) is 4.58. The van der Waals surface area contributed by atoms with Crippen LogP contribution < -0.4 is 4.90 Å². The second-order valence-electron chi connectivity index (χ2n) is 10.6. The summed E-state index contributed by atoms with van der Waals surface area (Å²) >= 11 is 0. The van der Waals surface area contributed by atoms with Crippen molar-refractivity contribution in [3.63, 3.8) is 0 Å². The number of nitrogens with zero attached hydrogens (tertiary/aromatic N) is 3. The Morgan fingerprint density at radius 1 is 1.12 bits per heavy atom. The molecular formula is C27H37N3O4. The number of aliphatic carboxylic acids is 1. The summed E-state index contributed by atoms with van der Waals surface area (Å²) in [6.45, 7) is 4.20. The van der Waals surface area contributed by atoms with E-state index in [2.05, 4.69) is 30.5 Å². The maximum Gasteiger partial charge on any atom is 0.306 e. The Labute approximate surface area is 201 Å². The molecule has 7 heteroatoms. The lowest BCUT2D eigenvalue weighted by atomic mass is 9.85. The predicted molar refractivity (Wildman–Crippen MR) is 131 cm³/mol. The van der Waals surface area contributed by atoms with E-state index in [-0.39, 0.29) is 30.2 Å². The second-order valence-corrected chi connectivity index (χ2v) is 10.6. The van der Waals surface area contributed by atoms with Crippen LogP contribution in [0.5, 0.6) is 0 Å². The van der Waals surface area contributed by atoms with Crippen molar-refractivity contribution in [2.75, 3.05) is 4.90 Å². The lowest BCUT2D eigenvalue weighted by Crippen LogP contribution is -2.36. The van der Waals surface area contributed by atoms with Gasteiger partial charge in [0.25, 0.3) is 0 Å². The molecule has 2 atom stereocenters. The molecule has 1 aromatic heterocycles. The van der Waals surface area contributed by atoms with Gasteiger partial charge >= 0.3 is 5.97 Å². The predicted octanol–water partition coefficient (Wildman–Crippen LogP) is 5.56. The minimum Gasteiger partial charge on any atom is -0.481 e. The first kappa shape index (κ1) is 23.3. The fourth-order valence-electron chi connectivity index (χ4n) is 6.41. The van der Waals surface area contributed by atoms with Crippen molar-refractivity contribution in [1.29, 1.82) is 0 Å². The van der Waals surface area contributed by atoms with Crippen molar-refractivity contribution in [3.8, 4) is 0 Å². The van der Waals surface area contributed by atoms with Gasteiger partial charge in [0.05, 0.1) is 23.1 Å². The molecule has 2 fully saturated rings. The van der Waals surface area contributed by atoms with Gasteiger partial charge in [-0.3, -0.25) is 9.59 Å². The van der Waals surface area contributed by atoms with Gasteiger partial charge in [-0.15, -0.1) is 0 Å². The molecule has 2 heterocycles. The SMILES string of the molecule is CC(OC1CCCCC1)c1nc2c3c(ccc2n1C1CCC(C(=O)O)CC1)N(C=O)C(C)CC3. The zero-order chi connectivity index (χ0) is 23.8. The number of hydrogen-bond donors (Lipinski definition) is 1. The molecule has 34 heavy (non-hydrogen) atoms. The van der Waals surface area contributed by atoms with Gasteiger partial charge in [0.15, 0.2) is 0 Å². The number of benzene rings is 1. The smallest absolute Gasteiger partial charge is 0.306 e. The van der Waals surface area contributed by atoms with Gasteiger partial charge in [0.1, 0.15) is 11.9 Å². The fourth-order valence-corrected chi connectivity index (χ4v) is 6.41. The number of carbonyl (C=O) groups excluding carboxylic acids is 1. The van der Waals surface area contributed by atoms with E-state index in [4.69, 9.17) is 9.72 Å². The molecule has 0 spiro atoms. The van der Waals surface area contributed by atoms with Crippen LogP contribution in [0.4, 0.5) is 5.69 Å². The summed E-state index contributed by atoms with van der Waals surface area (Å²) in [4.78, 5) is 30.4. The summed E-state index contributed by atoms with van der Waals surface area (Å²) in [5.74, 6) is 0.0186.